The van der Waals surface area contributed by atoms with Crippen LogP contribution in [0.1, 0.15) is 290 Å². The number of esters is 3. The molecule has 6 nitrogen and oxygen atoms in total. The van der Waals surface area contributed by atoms with E-state index in [1.54, 1.807) is 0 Å². The van der Waals surface area contributed by atoms with Crippen molar-refractivity contribution in [2.75, 3.05) is 13.2 Å². The van der Waals surface area contributed by atoms with Gasteiger partial charge in [0.1, 0.15) is 13.2 Å². The number of rotatable bonds is 54. The summed E-state index contributed by atoms with van der Waals surface area (Å²) >= 11 is 0. The first-order valence-corrected chi connectivity index (χ1v) is 30.1. The number of hydrogen-bond acceptors (Lipinski definition) is 6. The molecule has 0 rings (SSSR count). The average molecular weight is 990 g/mol. The van der Waals surface area contributed by atoms with E-state index in [0.29, 0.717) is 19.3 Å². The molecule has 0 fully saturated rings. The smallest absolute Gasteiger partial charge is 0.306 e. The Morgan fingerprint density at radius 2 is 0.549 bits per heavy atom. The van der Waals surface area contributed by atoms with Crippen molar-refractivity contribution in [1.82, 2.24) is 0 Å². The van der Waals surface area contributed by atoms with Gasteiger partial charge in [0, 0.05) is 19.3 Å². The first kappa shape index (κ1) is 67.6. The van der Waals surface area contributed by atoms with Gasteiger partial charge in [-0.15, -0.1) is 0 Å². The van der Waals surface area contributed by atoms with Gasteiger partial charge in [-0.2, -0.15) is 0 Å². The highest BCUT2D eigenvalue weighted by molar-refractivity contribution is 5.71. The van der Waals surface area contributed by atoms with Crippen molar-refractivity contribution in [2.45, 2.75) is 297 Å². The van der Waals surface area contributed by atoms with Gasteiger partial charge < -0.3 is 14.2 Å². The molecule has 0 aromatic heterocycles. The molecule has 0 aliphatic carbocycles. The van der Waals surface area contributed by atoms with Gasteiger partial charge in [-0.3, -0.25) is 14.4 Å². The summed E-state index contributed by atoms with van der Waals surface area (Å²) in [5, 5.41) is 0. The van der Waals surface area contributed by atoms with Gasteiger partial charge in [-0.1, -0.05) is 286 Å². The van der Waals surface area contributed by atoms with Crippen LogP contribution in [-0.4, -0.2) is 37.2 Å². The second kappa shape index (κ2) is 59.2. The standard InChI is InChI=1S/C65H112O6/c1-4-7-10-13-16-19-22-24-26-28-30-32-33-34-36-37-39-41-43-46-49-52-55-58-64(67)70-61-62(60-69-63(66)57-54-51-48-45-21-18-15-12-9-6-3)71-65(68)59-56-53-50-47-44-42-40-38-35-31-29-27-25-23-20-17-14-11-8-5-2/h7,10,16,19,24,26,30,32,34,36,39,41,46,49,62H,4-6,8-9,11-15,17-18,20-23,25,27-29,31,33,35,37-38,40,42-45,47-48,50-61H2,1-3H3/b10-7-,19-16-,26-24-,32-30-,36-34-,41-39-,49-46-. The summed E-state index contributed by atoms with van der Waals surface area (Å²) < 4.78 is 16.8. The van der Waals surface area contributed by atoms with Crippen LogP contribution in [0.5, 0.6) is 0 Å². The van der Waals surface area contributed by atoms with Crippen molar-refractivity contribution >= 4 is 17.9 Å². The first-order chi connectivity index (χ1) is 35.0. The van der Waals surface area contributed by atoms with Crippen molar-refractivity contribution in [3.05, 3.63) is 85.1 Å². The minimum atomic E-state index is -0.797. The third kappa shape index (κ3) is 57.4. The van der Waals surface area contributed by atoms with Gasteiger partial charge in [-0.25, -0.2) is 0 Å². The van der Waals surface area contributed by atoms with Crippen LogP contribution in [0.15, 0.2) is 85.1 Å². The molecule has 0 aliphatic rings. The lowest BCUT2D eigenvalue weighted by Gasteiger charge is -2.18. The molecule has 71 heavy (non-hydrogen) atoms. The van der Waals surface area contributed by atoms with Crippen molar-refractivity contribution < 1.29 is 28.6 Å². The highest BCUT2D eigenvalue weighted by Gasteiger charge is 2.19. The summed E-state index contributed by atoms with van der Waals surface area (Å²) in [6.45, 7) is 6.49. The van der Waals surface area contributed by atoms with Crippen LogP contribution in [0, 0.1) is 0 Å². The molecule has 1 unspecified atom stereocenters. The Hall–Kier alpha value is -3.41. The lowest BCUT2D eigenvalue weighted by molar-refractivity contribution is -0.167. The third-order valence-electron chi connectivity index (χ3n) is 12.9. The van der Waals surface area contributed by atoms with Gasteiger partial charge in [0.25, 0.3) is 0 Å². The SMILES string of the molecule is CC/C=C\C/C=C\C/C=C\C/C=C\C/C=C\C/C=C\C/C=C\CCCC(=O)OCC(COC(=O)CCCCCCCCCCCC)OC(=O)CCCCCCCCCCCCCCCCCCCCCC. The minimum absolute atomic E-state index is 0.0911. The first-order valence-electron chi connectivity index (χ1n) is 30.1. The fourth-order valence-corrected chi connectivity index (χ4v) is 8.43. The molecule has 0 radical (unpaired) electrons. The van der Waals surface area contributed by atoms with E-state index in [2.05, 4.69) is 106 Å². The van der Waals surface area contributed by atoms with Crippen LogP contribution >= 0.6 is 0 Å². The maximum atomic E-state index is 12.9. The van der Waals surface area contributed by atoms with E-state index in [-0.39, 0.29) is 37.5 Å². The zero-order valence-electron chi connectivity index (χ0n) is 46.7. The predicted molar refractivity (Wildman–Crippen MR) is 307 cm³/mol. The molecule has 0 aliphatic heterocycles. The van der Waals surface area contributed by atoms with Crippen LogP contribution in [0.25, 0.3) is 0 Å². The topological polar surface area (TPSA) is 78.9 Å². The molecule has 0 spiro atoms. The molecule has 0 saturated heterocycles. The average Bonchev–Trinajstić information content (AvgIpc) is 3.37. The third-order valence-corrected chi connectivity index (χ3v) is 12.9. The van der Waals surface area contributed by atoms with Gasteiger partial charge in [-0.05, 0) is 70.6 Å². The summed E-state index contributed by atoms with van der Waals surface area (Å²) in [6.07, 6.45) is 77.4. The number of allylic oxidation sites excluding steroid dienone is 14. The molecule has 0 bridgehead atoms. The fourth-order valence-electron chi connectivity index (χ4n) is 8.43. The Labute approximate surface area is 439 Å². The summed E-state index contributed by atoms with van der Waals surface area (Å²) in [5.41, 5.74) is 0. The molecular formula is C65H112O6. The van der Waals surface area contributed by atoms with Crippen molar-refractivity contribution in [1.29, 1.82) is 0 Å². The van der Waals surface area contributed by atoms with Crippen molar-refractivity contribution in [3.63, 3.8) is 0 Å². The number of carbonyl (C=O) groups excluding carboxylic acids is 3. The second-order valence-corrected chi connectivity index (χ2v) is 19.9. The molecular weight excluding hydrogens is 877 g/mol. The Kier molecular flexibility index (Phi) is 56.3. The number of carbonyl (C=O) groups is 3. The number of ether oxygens (including phenoxy) is 3. The Morgan fingerprint density at radius 1 is 0.296 bits per heavy atom. The second-order valence-electron chi connectivity index (χ2n) is 19.9. The van der Waals surface area contributed by atoms with Crippen LogP contribution < -0.4 is 0 Å². The van der Waals surface area contributed by atoms with Gasteiger partial charge in [0.2, 0.25) is 0 Å². The van der Waals surface area contributed by atoms with Crippen LogP contribution in [0.4, 0.5) is 0 Å². The van der Waals surface area contributed by atoms with E-state index >= 15 is 0 Å². The predicted octanol–water partition coefficient (Wildman–Crippen LogP) is 20.3. The normalized spacial score (nSPS) is 12.7. The molecule has 0 aromatic rings. The van der Waals surface area contributed by atoms with E-state index in [1.807, 2.05) is 0 Å². The number of hydrogen-bond donors (Lipinski definition) is 0. The van der Waals surface area contributed by atoms with Crippen LogP contribution in [-0.2, 0) is 28.6 Å². The van der Waals surface area contributed by atoms with Crippen LogP contribution in [0.2, 0.25) is 0 Å². The zero-order chi connectivity index (χ0) is 51.4. The van der Waals surface area contributed by atoms with Crippen molar-refractivity contribution in [3.8, 4) is 0 Å². The van der Waals surface area contributed by atoms with E-state index in [4.69, 9.17) is 14.2 Å². The fraction of sp³-hybridized carbons (Fsp3) is 0.738. The molecule has 408 valence electrons. The molecule has 0 saturated carbocycles. The summed E-state index contributed by atoms with van der Waals surface area (Å²) in [6, 6.07) is 0. The van der Waals surface area contributed by atoms with Gasteiger partial charge in [0.15, 0.2) is 6.10 Å². The molecule has 6 heteroatoms. The summed E-state index contributed by atoms with van der Waals surface area (Å²) in [5.74, 6) is -0.944. The maximum Gasteiger partial charge on any atom is 0.306 e. The zero-order valence-corrected chi connectivity index (χ0v) is 46.7. The number of unbranched alkanes of at least 4 members (excludes halogenated alkanes) is 29. The minimum Gasteiger partial charge on any atom is -0.462 e. The highest BCUT2D eigenvalue weighted by atomic mass is 16.6. The molecule has 0 amide bonds. The maximum absolute atomic E-state index is 12.9. The van der Waals surface area contributed by atoms with Crippen LogP contribution in [0.3, 0.4) is 0 Å². The molecule has 0 aromatic carbocycles. The molecule has 1 atom stereocenters. The quantitative estimate of drug-likeness (QED) is 0.0261. The Bertz CT molecular complexity index is 1370. The largest absolute Gasteiger partial charge is 0.462 e. The van der Waals surface area contributed by atoms with E-state index in [9.17, 15) is 14.4 Å². The lowest BCUT2D eigenvalue weighted by Crippen LogP contribution is -2.30. The lowest BCUT2D eigenvalue weighted by atomic mass is 10.0. The van der Waals surface area contributed by atoms with Gasteiger partial charge in [0.05, 0.1) is 0 Å². The summed E-state index contributed by atoms with van der Waals surface area (Å²) in [4.78, 5) is 38.1. The van der Waals surface area contributed by atoms with E-state index < -0.39 is 6.10 Å². The van der Waals surface area contributed by atoms with Gasteiger partial charge >= 0.3 is 17.9 Å². The Balaban J connectivity index is 4.37. The molecule has 0 heterocycles. The summed E-state index contributed by atoms with van der Waals surface area (Å²) in [7, 11) is 0. The molecule has 0 N–H and O–H groups in total. The monoisotopic (exact) mass is 989 g/mol. The van der Waals surface area contributed by atoms with E-state index in [1.165, 1.54) is 154 Å². The van der Waals surface area contributed by atoms with E-state index in [0.717, 1.165) is 89.9 Å². The highest BCUT2D eigenvalue weighted by Crippen LogP contribution is 2.16. The van der Waals surface area contributed by atoms with Crippen molar-refractivity contribution in [2.24, 2.45) is 0 Å². The Morgan fingerprint density at radius 3 is 0.859 bits per heavy atom.